The van der Waals surface area contributed by atoms with Crippen LogP contribution in [0.15, 0.2) is 24.5 Å². The van der Waals surface area contributed by atoms with Crippen LogP contribution < -0.4 is 5.32 Å². The fraction of sp³-hybridized carbons (Fsp3) is 0.542. The van der Waals surface area contributed by atoms with Crippen LogP contribution in [0.3, 0.4) is 0 Å². The van der Waals surface area contributed by atoms with E-state index in [9.17, 15) is 9.59 Å². The first kappa shape index (κ1) is 21.4. The van der Waals surface area contributed by atoms with Gasteiger partial charge in [-0.05, 0) is 51.7 Å². The van der Waals surface area contributed by atoms with Gasteiger partial charge in [0.05, 0.1) is 12.0 Å². The molecule has 0 spiro atoms. The van der Waals surface area contributed by atoms with Crippen LogP contribution in [0.4, 0.5) is 0 Å². The van der Waals surface area contributed by atoms with Gasteiger partial charge in [0.1, 0.15) is 5.82 Å². The van der Waals surface area contributed by atoms with E-state index in [4.69, 9.17) is 9.97 Å². The Morgan fingerprint density at radius 3 is 2.52 bits per heavy atom. The van der Waals surface area contributed by atoms with Crippen molar-refractivity contribution in [3.63, 3.8) is 0 Å². The third-order valence-electron chi connectivity index (χ3n) is 6.48. The Morgan fingerprint density at radius 2 is 1.84 bits per heavy atom. The second kappa shape index (κ2) is 9.54. The number of nitrogens with one attached hydrogen (secondary N) is 1. The summed E-state index contributed by atoms with van der Waals surface area (Å²) in [6.07, 6.45) is 10.0. The lowest BCUT2D eigenvalue weighted by atomic mass is 9.95. The minimum Gasteiger partial charge on any atom is -0.353 e. The van der Waals surface area contributed by atoms with Crippen molar-refractivity contribution in [1.29, 1.82) is 0 Å². The molecule has 1 N–H and O–H groups in total. The number of likely N-dealkylation sites (tertiary alicyclic amines) is 1. The lowest BCUT2D eigenvalue weighted by Crippen LogP contribution is -2.39. The Kier molecular flexibility index (Phi) is 6.59. The number of hydrogen-bond acceptors (Lipinski definition) is 5. The number of rotatable bonds is 5. The summed E-state index contributed by atoms with van der Waals surface area (Å²) >= 11 is 0. The summed E-state index contributed by atoms with van der Waals surface area (Å²) in [5.74, 6) is 0.943. The maximum Gasteiger partial charge on any atom is 0.255 e. The summed E-state index contributed by atoms with van der Waals surface area (Å²) in [6.45, 7) is 5.26. The molecule has 7 nitrogen and oxygen atoms in total. The van der Waals surface area contributed by atoms with Gasteiger partial charge in [-0.2, -0.15) is 0 Å². The van der Waals surface area contributed by atoms with Gasteiger partial charge in [0.15, 0.2) is 0 Å². The van der Waals surface area contributed by atoms with Crippen molar-refractivity contribution in [1.82, 2.24) is 25.2 Å². The molecule has 0 aromatic carbocycles. The molecule has 1 saturated carbocycles. The summed E-state index contributed by atoms with van der Waals surface area (Å²) < 4.78 is 0. The van der Waals surface area contributed by atoms with Gasteiger partial charge in [0.25, 0.3) is 5.91 Å². The van der Waals surface area contributed by atoms with E-state index in [2.05, 4.69) is 10.3 Å². The Morgan fingerprint density at radius 1 is 1.10 bits per heavy atom. The van der Waals surface area contributed by atoms with Crippen molar-refractivity contribution < 1.29 is 9.59 Å². The summed E-state index contributed by atoms with van der Waals surface area (Å²) in [7, 11) is 0. The highest BCUT2D eigenvalue weighted by atomic mass is 16.2. The molecule has 4 rings (SSSR count). The van der Waals surface area contributed by atoms with Crippen molar-refractivity contribution in [2.24, 2.45) is 0 Å². The van der Waals surface area contributed by atoms with E-state index in [1.165, 1.54) is 12.8 Å². The normalized spacial score (nSPS) is 19.4. The van der Waals surface area contributed by atoms with E-state index in [-0.39, 0.29) is 17.7 Å². The van der Waals surface area contributed by atoms with E-state index < -0.39 is 0 Å². The Balaban J connectivity index is 1.44. The number of piperidine rings is 1. The zero-order valence-corrected chi connectivity index (χ0v) is 18.4. The van der Waals surface area contributed by atoms with Crippen molar-refractivity contribution in [3.05, 3.63) is 52.9 Å². The van der Waals surface area contributed by atoms with E-state index in [1.54, 1.807) is 24.5 Å². The van der Waals surface area contributed by atoms with Gasteiger partial charge in [-0.1, -0.05) is 12.8 Å². The molecule has 164 valence electrons. The first-order valence-electron chi connectivity index (χ1n) is 11.3. The average molecular weight is 422 g/mol. The zero-order chi connectivity index (χ0) is 21.8. The van der Waals surface area contributed by atoms with Crippen molar-refractivity contribution in [2.75, 3.05) is 13.1 Å². The van der Waals surface area contributed by atoms with Crippen LogP contribution in [0, 0.1) is 13.8 Å². The smallest absolute Gasteiger partial charge is 0.255 e. The summed E-state index contributed by atoms with van der Waals surface area (Å²) in [4.78, 5) is 40.8. The standard InChI is InChI=1S/C24H31N5O2/c1-16-21(13-22(30)28-20-9-3-4-10-20)17(2)27-23(26-16)19-8-6-12-29(15-19)24(31)18-7-5-11-25-14-18/h5,7,11,14,19-20H,3-4,6,8-10,12-13,15H2,1-2H3,(H,28,30)/t19-/m1/s1. The van der Waals surface area contributed by atoms with Gasteiger partial charge in [-0.3, -0.25) is 14.6 Å². The molecule has 31 heavy (non-hydrogen) atoms. The second-order valence-corrected chi connectivity index (χ2v) is 8.79. The summed E-state index contributed by atoms with van der Waals surface area (Å²) in [5, 5.41) is 3.15. The number of aryl methyl sites for hydroxylation is 2. The molecule has 2 fully saturated rings. The third kappa shape index (κ3) is 5.09. The van der Waals surface area contributed by atoms with Crippen LogP contribution in [0.25, 0.3) is 0 Å². The molecule has 3 heterocycles. The number of nitrogens with zero attached hydrogens (tertiary/aromatic N) is 4. The highest BCUT2D eigenvalue weighted by Crippen LogP contribution is 2.27. The molecule has 1 saturated heterocycles. The minimum atomic E-state index is 0.00597. The van der Waals surface area contributed by atoms with Crippen molar-refractivity contribution in [3.8, 4) is 0 Å². The lowest BCUT2D eigenvalue weighted by Gasteiger charge is -2.32. The van der Waals surface area contributed by atoms with Gasteiger partial charge in [-0.25, -0.2) is 9.97 Å². The molecule has 1 aliphatic heterocycles. The van der Waals surface area contributed by atoms with Gasteiger partial charge in [-0.15, -0.1) is 0 Å². The van der Waals surface area contributed by atoms with E-state index in [1.807, 2.05) is 18.7 Å². The number of carbonyl (C=O) groups is 2. The Hall–Kier alpha value is -2.83. The zero-order valence-electron chi connectivity index (χ0n) is 18.4. The monoisotopic (exact) mass is 421 g/mol. The predicted molar refractivity (Wildman–Crippen MR) is 118 cm³/mol. The molecule has 1 atom stereocenters. The molecule has 0 bridgehead atoms. The molecule has 2 aromatic heterocycles. The summed E-state index contributed by atoms with van der Waals surface area (Å²) in [6, 6.07) is 3.90. The fourth-order valence-electron chi connectivity index (χ4n) is 4.76. The largest absolute Gasteiger partial charge is 0.353 e. The van der Waals surface area contributed by atoms with Gasteiger partial charge in [0.2, 0.25) is 5.91 Å². The van der Waals surface area contributed by atoms with Crippen molar-refractivity contribution >= 4 is 11.8 Å². The molecular weight excluding hydrogens is 390 g/mol. The summed E-state index contributed by atoms with van der Waals surface area (Å²) in [5.41, 5.74) is 3.25. The van der Waals surface area contributed by atoms with Gasteiger partial charge < -0.3 is 10.2 Å². The first-order chi connectivity index (χ1) is 15.0. The highest BCUT2D eigenvalue weighted by Gasteiger charge is 2.28. The maximum absolute atomic E-state index is 12.8. The van der Waals surface area contributed by atoms with E-state index in [0.717, 1.165) is 55.0 Å². The first-order valence-corrected chi connectivity index (χ1v) is 11.3. The van der Waals surface area contributed by atoms with E-state index >= 15 is 0 Å². The number of pyridine rings is 1. The maximum atomic E-state index is 12.8. The van der Waals surface area contributed by atoms with Gasteiger partial charge in [0, 0.05) is 54.4 Å². The molecule has 7 heteroatoms. The number of aromatic nitrogens is 3. The van der Waals surface area contributed by atoms with Crippen LogP contribution in [0.1, 0.15) is 77.6 Å². The molecule has 0 radical (unpaired) electrons. The highest BCUT2D eigenvalue weighted by molar-refractivity contribution is 5.94. The molecular formula is C24H31N5O2. The Labute approximate surface area is 183 Å². The van der Waals surface area contributed by atoms with Crippen LogP contribution in [-0.4, -0.2) is 50.8 Å². The lowest BCUT2D eigenvalue weighted by molar-refractivity contribution is -0.121. The third-order valence-corrected chi connectivity index (χ3v) is 6.48. The molecule has 2 aromatic rings. The van der Waals surface area contributed by atoms with Crippen LogP contribution in [-0.2, 0) is 11.2 Å². The molecule has 2 aliphatic rings. The average Bonchev–Trinajstić information content (AvgIpc) is 3.29. The SMILES string of the molecule is Cc1nc([C@@H]2CCCN(C(=O)c3cccnc3)C2)nc(C)c1CC(=O)NC1CCCC1. The fourth-order valence-corrected chi connectivity index (χ4v) is 4.76. The molecule has 2 amide bonds. The van der Waals surface area contributed by atoms with Crippen molar-refractivity contribution in [2.45, 2.75) is 70.8 Å². The Bertz CT molecular complexity index is 917. The van der Waals surface area contributed by atoms with Crippen LogP contribution in [0.2, 0.25) is 0 Å². The number of hydrogen-bond donors (Lipinski definition) is 1. The quantitative estimate of drug-likeness (QED) is 0.801. The van der Waals surface area contributed by atoms with Gasteiger partial charge >= 0.3 is 0 Å². The number of carbonyl (C=O) groups excluding carboxylic acids is 2. The second-order valence-electron chi connectivity index (χ2n) is 8.79. The number of amides is 2. The molecule has 1 aliphatic carbocycles. The van der Waals surface area contributed by atoms with Crippen LogP contribution >= 0.6 is 0 Å². The minimum absolute atomic E-state index is 0.00597. The van der Waals surface area contributed by atoms with Crippen LogP contribution in [0.5, 0.6) is 0 Å². The predicted octanol–water partition coefficient (Wildman–Crippen LogP) is 3.11. The topological polar surface area (TPSA) is 88.1 Å². The van der Waals surface area contributed by atoms with E-state index in [0.29, 0.717) is 24.6 Å². The molecule has 0 unspecified atom stereocenters.